The van der Waals surface area contributed by atoms with Crippen LogP contribution in [0.5, 0.6) is 5.75 Å². The molecule has 0 aliphatic carbocycles. The molecule has 0 aromatic heterocycles. The SMILES string of the molecule is CC1(C)C[C@@H](C(=O)O)[C@H](C(=O)O)c2ccc(F)cc2O1. The van der Waals surface area contributed by atoms with Gasteiger partial charge in [0, 0.05) is 18.1 Å². The lowest BCUT2D eigenvalue weighted by Gasteiger charge is -2.26. The Kier molecular flexibility index (Phi) is 3.41. The smallest absolute Gasteiger partial charge is 0.312 e. The minimum atomic E-state index is -1.26. The zero-order valence-corrected chi connectivity index (χ0v) is 11.1. The van der Waals surface area contributed by atoms with E-state index in [1.807, 2.05) is 0 Å². The molecule has 0 bridgehead atoms. The molecule has 0 fully saturated rings. The number of fused-ring (bicyclic) bond motifs is 1. The van der Waals surface area contributed by atoms with Crippen LogP contribution in [0.1, 0.15) is 31.7 Å². The van der Waals surface area contributed by atoms with Crippen molar-refractivity contribution in [1.29, 1.82) is 0 Å². The molecular weight excluding hydrogens is 267 g/mol. The minimum absolute atomic E-state index is 0.0234. The van der Waals surface area contributed by atoms with Crippen LogP contribution < -0.4 is 4.74 Å². The standard InChI is InChI=1S/C14H15FO5/c1-14(2)6-9(12(16)17)11(13(18)19)8-4-3-7(15)5-10(8)20-14/h3-5,9,11H,6H2,1-2H3,(H,16,17)(H,18,19)/t9-,11-/m1/s1. The van der Waals surface area contributed by atoms with Gasteiger partial charge in [0.1, 0.15) is 17.2 Å². The van der Waals surface area contributed by atoms with Gasteiger partial charge in [-0.15, -0.1) is 0 Å². The van der Waals surface area contributed by atoms with Crippen molar-refractivity contribution in [3.63, 3.8) is 0 Å². The van der Waals surface area contributed by atoms with E-state index in [1.165, 1.54) is 6.07 Å². The zero-order valence-electron chi connectivity index (χ0n) is 11.1. The molecule has 6 heteroatoms. The monoisotopic (exact) mass is 282 g/mol. The summed E-state index contributed by atoms with van der Waals surface area (Å²) < 4.78 is 18.9. The number of hydrogen-bond acceptors (Lipinski definition) is 3. The molecule has 1 aromatic carbocycles. The van der Waals surface area contributed by atoms with Crippen LogP contribution >= 0.6 is 0 Å². The van der Waals surface area contributed by atoms with Gasteiger partial charge in [-0.1, -0.05) is 6.07 Å². The lowest BCUT2D eigenvalue weighted by atomic mass is 9.81. The van der Waals surface area contributed by atoms with E-state index in [0.717, 1.165) is 12.1 Å². The van der Waals surface area contributed by atoms with E-state index in [-0.39, 0.29) is 17.7 Å². The first-order chi connectivity index (χ1) is 9.21. The predicted octanol–water partition coefficient (Wildman–Crippen LogP) is 2.26. The first-order valence-electron chi connectivity index (χ1n) is 6.15. The third-order valence-electron chi connectivity index (χ3n) is 3.39. The highest BCUT2D eigenvalue weighted by Gasteiger charge is 2.44. The Labute approximate surface area is 115 Å². The number of hydrogen-bond donors (Lipinski definition) is 2. The largest absolute Gasteiger partial charge is 0.487 e. The van der Waals surface area contributed by atoms with Crippen molar-refractivity contribution < 1.29 is 28.9 Å². The third kappa shape index (κ3) is 2.59. The first-order valence-corrected chi connectivity index (χ1v) is 6.15. The van der Waals surface area contributed by atoms with E-state index >= 15 is 0 Å². The summed E-state index contributed by atoms with van der Waals surface area (Å²) in [4.78, 5) is 22.9. The summed E-state index contributed by atoms with van der Waals surface area (Å²) in [6.45, 7) is 3.31. The van der Waals surface area contributed by atoms with Gasteiger partial charge >= 0.3 is 11.9 Å². The lowest BCUT2D eigenvalue weighted by molar-refractivity contribution is -0.151. The van der Waals surface area contributed by atoms with Crippen LogP contribution in [0.4, 0.5) is 4.39 Å². The van der Waals surface area contributed by atoms with Gasteiger partial charge in [0.2, 0.25) is 0 Å². The fraction of sp³-hybridized carbons (Fsp3) is 0.429. The zero-order chi connectivity index (χ0) is 15.1. The molecule has 0 amide bonds. The molecule has 2 N–H and O–H groups in total. The second-order valence-corrected chi connectivity index (χ2v) is 5.51. The number of halogens is 1. The number of carboxylic acid groups (broad SMARTS) is 2. The molecule has 1 heterocycles. The first kappa shape index (κ1) is 14.3. The van der Waals surface area contributed by atoms with Crippen LogP contribution in [-0.4, -0.2) is 27.8 Å². The molecule has 0 saturated carbocycles. The molecule has 20 heavy (non-hydrogen) atoms. The Morgan fingerprint density at radius 3 is 2.50 bits per heavy atom. The maximum atomic E-state index is 13.3. The van der Waals surface area contributed by atoms with Gasteiger partial charge in [-0.25, -0.2) is 4.39 Å². The van der Waals surface area contributed by atoms with Crippen LogP contribution in [0.25, 0.3) is 0 Å². The van der Waals surface area contributed by atoms with E-state index in [2.05, 4.69) is 0 Å². The second kappa shape index (κ2) is 4.77. The summed E-state index contributed by atoms with van der Waals surface area (Å²) in [5.74, 6) is -5.32. The average Bonchev–Trinajstić information content (AvgIpc) is 2.40. The Morgan fingerprint density at radius 2 is 1.95 bits per heavy atom. The molecule has 0 spiro atoms. The van der Waals surface area contributed by atoms with Gasteiger partial charge in [-0.2, -0.15) is 0 Å². The van der Waals surface area contributed by atoms with E-state index in [4.69, 9.17) is 4.74 Å². The van der Waals surface area contributed by atoms with Gasteiger partial charge in [0.25, 0.3) is 0 Å². The van der Waals surface area contributed by atoms with Gasteiger partial charge in [0.15, 0.2) is 0 Å². The summed E-state index contributed by atoms with van der Waals surface area (Å²) in [5, 5.41) is 18.7. The van der Waals surface area contributed by atoms with Crippen LogP contribution in [-0.2, 0) is 9.59 Å². The van der Waals surface area contributed by atoms with E-state index in [1.54, 1.807) is 13.8 Å². The Balaban J connectivity index is 2.63. The molecule has 1 aliphatic rings. The second-order valence-electron chi connectivity index (χ2n) is 5.51. The molecule has 2 rings (SSSR count). The quantitative estimate of drug-likeness (QED) is 0.869. The highest BCUT2D eigenvalue weighted by atomic mass is 19.1. The number of aliphatic carboxylic acids is 2. The predicted molar refractivity (Wildman–Crippen MR) is 67.2 cm³/mol. The summed E-state index contributed by atoms with van der Waals surface area (Å²) in [6, 6.07) is 3.48. The normalized spacial score (nSPS) is 24.1. The van der Waals surface area contributed by atoms with E-state index in [0.29, 0.717) is 0 Å². The number of carbonyl (C=O) groups is 2. The molecule has 0 unspecified atom stereocenters. The maximum Gasteiger partial charge on any atom is 0.312 e. The molecule has 1 aromatic rings. The number of rotatable bonds is 2. The van der Waals surface area contributed by atoms with Crippen molar-refractivity contribution in [3.05, 3.63) is 29.6 Å². The number of ether oxygens (including phenoxy) is 1. The van der Waals surface area contributed by atoms with Crippen LogP contribution in [0.3, 0.4) is 0 Å². The van der Waals surface area contributed by atoms with Crippen molar-refractivity contribution in [2.75, 3.05) is 0 Å². The van der Waals surface area contributed by atoms with Gasteiger partial charge in [-0.05, 0) is 19.9 Å². The Hall–Kier alpha value is -2.11. The van der Waals surface area contributed by atoms with Gasteiger partial charge in [-0.3, -0.25) is 9.59 Å². The highest BCUT2D eigenvalue weighted by molar-refractivity contribution is 5.85. The fourth-order valence-electron chi connectivity index (χ4n) is 2.59. The molecule has 2 atom stereocenters. The number of carboxylic acids is 2. The van der Waals surface area contributed by atoms with Crippen molar-refractivity contribution >= 4 is 11.9 Å². The molecule has 0 radical (unpaired) electrons. The number of benzene rings is 1. The molecule has 1 aliphatic heterocycles. The molecule has 0 saturated heterocycles. The van der Waals surface area contributed by atoms with E-state index < -0.39 is 35.2 Å². The van der Waals surface area contributed by atoms with Crippen molar-refractivity contribution in [1.82, 2.24) is 0 Å². The molecule has 5 nitrogen and oxygen atoms in total. The molecule has 108 valence electrons. The fourth-order valence-corrected chi connectivity index (χ4v) is 2.59. The van der Waals surface area contributed by atoms with Crippen molar-refractivity contribution in [2.24, 2.45) is 5.92 Å². The topological polar surface area (TPSA) is 83.8 Å². The minimum Gasteiger partial charge on any atom is -0.487 e. The third-order valence-corrected chi connectivity index (χ3v) is 3.39. The van der Waals surface area contributed by atoms with Crippen LogP contribution in [0.2, 0.25) is 0 Å². The lowest BCUT2D eigenvalue weighted by Crippen LogP contribution is -2.35. The Morgan fingerprint density at radius 1 is 1.30 bits per heavy atom. The van der Waals surface area contributed by atoms with Gasteiger partial charge < -0.3 is 14.9 Å². The molecular formula is C14H15FO5. The highest BCUT2D eigenvalue weighted by Crippen LogP contribution is 2.42. The van der Waals surface area contributed by atoms with Gasteiger partial charge in [0.05, 0.1) is 11.8 Å². The summed E-state index contributed by atoms with van der Waals surface area (Å²) >= 11 is 0. The summed E-state index contributed by atoms with van der Waals surface area (Å²) in [7, 11) is 0. The average molecular weight is 282 g/mol. The Bertz CT molecular complexity index is 567. The van der Waals surface area contributed by atoms with Crippen LogP contribution in [0.15, 0.2) is 18.2 Å². The van der Waals surface area contributed by atoms with E-state index in [9.17, 15) is 24.2 Å². The van der Waals surface area contributed by atoms with Crippen molar-refractivity contribution in [3.8, 4) is 5.75 Å². The van der Waals surface area contributed by atoms with Crippen LogP contribution in [0, 0.1) is 11.7 Å². The summed E-state index contributed by atoms with van der Waals surface area (Å²) in [5.41, 5.74) is -0.702. The van der Waals surface area contributed by atoms with Crippen molar-refractivity contribution in [2.45, 2.75) is 31.8 Å². The maximum absolute atomic E-state index is 13.3. The summed E-state index contributed by atoms with van der Waals surface area (Å²) in [6.07, 6.45) is 0.0234.